The summed E-state index contributed by atoms with van der Waals surface area (Å²) in [5.41, 5.74) is 0.735. The molecule has 1 heterocycles. The Morgan fingerprint density at radius 2 is 2.24 bits per heavy atom. The Morgan fingerprint density at radius 3 is 2.71 bits per heavy atom. The van der Waals surface area contributed by atoms with Crippen molar-refractivity contribution in [3.05, 3.63) is 19.2 Å². The monoisotopic (exact) mass is 383 g/mol. The average Bonchev–Trinajstić information content (AvgIpc) is 2.58. The smallest absolute Gasteiger partial charge is 0.178 e. The Morgan fingerprint density at radius 1 is 1.59 bits per heavy atom. The van der Waals surface area contributed by atoms with Gasteiger partial charge in [0.1, 0.15) is 0 Å². The van der Waals surface area contributed by atoms with Crippen molar-refractivity contribution in [2.45, 2.75) is 13.0 Å². The lowest BCUT2D eigenvalue weighted by molar-refractivity contribution is 0.0841. The van der Waals surface area contributed by atoms with Gasteiger partial charge in [-0.15, -0.1) is 11.3 Å². The van der Waals surface area contributed by atoms with E-state index in [9.17, 15) is 4.79 Å². The van der Waals surface area contributed by atoms with Crippen LogP contribution in [0.1, 0.15) is 17.3 Å². The molecule has 3 nitrogen and oxygen atoms in total. The minimum absolute atomic E-state index is 0.115. The van der Waals surface area contributed by atoms with Gasteiger partial charge in [-0.05, 0) is 51.9 Å². The third kappa shape index (κ3) is 4.44. The standard InChI is InChI=1S/C11H15Br2NO2S/c1-7(6-16-3)14(2)5-9(15)8-4-10(12)17-11(8)13/h4,7H,5-6H2,1-3H3. The van der Waals surface area contributed by atoms with E-state index in [0.717, 1.165) is 13.1 Å². The molecule has 0 aliphatic rings. The molecule has 1 aromatic heterocycles. The molecule has 96 valence electrons. The maximum absolute atomic E-state index is 12.1. The summed E-state index contributed by atoms with van der Waals surface area (Å²) in [5.74, 6) is 0.115. The van der Waals surface area contributed by atoms with Crippen LogP contribution < -0.4 is 0 Å². The van der Waals surface area contributed by atoms with Crippen LogP contribution in [-0.2, 0) is 4.74 Å². The van der Waals surface area contributed by atoms with Crippen molar-refractivity contribution in [3.8, 4) is 0 Å². The number of rotatable bonds is 6. The van der Waals surface area contributed by atoms with Gasteiger partial charge in [-0.1, -0.05) is 0 Å². The number of methoxy groups -OCH3 is 1. The molecule has 1 atom stereocenters. The average molecular weight is 385 g/mol. The largest absolute Gasteiger partial charge is 0.383 e. The zero-order valence-electron chi connectivity index (χ0n) is 10.00. The Bertz CT molecular complexity index is 395. The van der Waals surface area contributed by atoms with Crippen molar-refractivity contribution in [2.75, 3.05) is 27.3 Å². The van der Waals surface area contributed by atoms with E-state index in [4.69, 9.17) is 4.74 Å². The van der Waals surface area contributed by atoms with E-state index in [1.807, 2.05) is 24.9 Å². The van der Waals surface area contributed by atoms with E-state index in [2.05, 4.69) is 31.9 Å². The van der Waals surface area contributed by atoms with Crippen LogP contribution in [0.15, 0.2) is 13.6 Å². The summed E-state index contributed by atoms with van der Waals surface area (Å²) in [4.78, 5) is 14.1. The second-order valence-electron chi connectivity index (χ2n) is 3.88. The predicted molar refractivity (Wildman–Crippen MR) is 78.0 cm³/mol. The van der Waals surface area contributed by atoms with Gasteiger partial charge in [0.25, 0.3) is 0 Å². The molecule has 1 unspecified atom stereocenters. The Kier molecular flexibility index (Phi) is 6.30. The van der Waals surface area contributed by atoms with Crippen LogP contribution in [-0.4, -0.2) is 44.0 Å². The van der Waals surface area contributed by atoms with E-state index in [-0.39, 0.29) is 11.8 Å². The lowest BCUT2D eigenvalue weighted by Crippen LogP contribution is -2.36. The van der Waals surface area contributed by atoms with Crippen molar-refractivity contribution in [1.29, 1.82) is 0 Å². The number of hydrogen-bond acceptors (Lipinski definition) is 4. The quantitative estimate of drug-likeness (QED) is 0.703. The first-order valence-electron chi connectivity index (χ1n) is 5.13. The molecule has 0 bridgehead atoms. The summed E-state index contributed by atoms with van der Waals surface area (Å²) in [6, 6.07) is 2.08. The molecule has 0 aliphatic carbocycles. The summed E-state index contributed by atoms with van der Waals surface area (Å²) >= 11 is 8.29. The molecule has 0 N–H and O–H groups in total. The van der Waals surface area contributed by atoms with E-state index in [1.54, 1.807) is 7.11 Å². The SMILES string of the molecule is COCC(C)N(C)CC(=O)c1cc(Br)sc1Br. The van der Waals surface area contributed by atoms with E-state index in [1.165, 1.54) is 11.3 Å². The van der Waals surface area contributed by atoms with Crippen LogP contribution in [0.2, 0.25) is 0 Å². The molecule has 1 aromatic rings. The van der Waals surface area contributed by atoms with Gasteiger partial charge in [-0.3, -0.25) is 9.69 Å². The van der Waals surface area contributed by atoms with Gasteiger partial charge >= 0.3 is 0 Å². The number of hydrogen-bond donors (Lipinski definition) is 0. The van der Waals surface area contributed by atoms with Gasteiger partial charge < -0.3 is 4.74 Å². The fourth-order valence-electron chi connectivity index (χ4n) is 1.37. The van der Waals surface area contributed by atoms with Gasteiger partial charge in [0.15, 0.2) is 5.78 Å². The minimum Gasteiger partial charge on any atom is -0.383 e. The number of thiophene rings is 1. The summed E-state index contributed by atoms with van der Waals surface area (Å²) in [5, 5.41) is 0. The zero-order chi connectivity index (χ0) is 13.0. The first-order valence-corrected chi connectivity index (χ1v) is 7.53. The molecule has 17 heavy (non-hydrogen) atoms. The van der Waals surface area contributed by atoms with Gasteiger partial charge in [-0.2, -0.15) is 0 Å². The number of likely N-dealkylation sites (N-methyl/N-ethyl adjacent to an activating group) is 1. The molecule has 0 aromatic carbocycles. The highest BCUT2D eigenvalue weighted by molar-refractivity contribution is 9.12. The summed E-state index contributed by atoms with van der Waals surface area (Å²) < 4.78 is 6.91. The molecule has 0 spiro atoms. The topological polar surface area (TPSA) is 29.5 Å². The molecule has 0 saturated carbocycles. The highest BCUT2D eigenvalue weighted by Crippen LogP contribution is 2.32. The van der Waals surface area contributed by atoms with E-state index < -0.39 is 0 Å². The summed E-state index contributed by atoms with van der Waals surface area (Å²) in [6.45, 7) is 3.06. The highest BCUT2D eigenvalue weighted by atomic mass is 79.9. The van der Waals surface area contributed by atoms with Crippen molar-refractivity contribution >= 4 is 49.0 Å². The van der Waals surface area contributed by atoms with Crippen molar-refractivity contribution in [1.82, 2.24) is 4.90 Å². The van der Waals surface area contributed by atoms with Crippen molar-refractivity contribution in [3.63, 3.8) is 0 Å². The molecule has 0 fully saturated rings. The van der Waals surface area contributed by atoms with Gasteiger partial charge in [0.05, 0.1) is 20.7 Å². The second kappa shape index (κ2) is 6.99. The van der Waals surface area contributed by atoms with E-state index in [0.29, 0.717) is 13.2 Å². The van der Waals surface area contributed by atoms with E-state index >= 15 is 0 Å². The molecule has 0 radical (unpaired) electrons. The molecular weight excluding hydrogens is 370 g/mol. The Hall–Kier alpha value is 0.250. The molecule has 1 rings (SSSR count). The third-order valence-electron chi connectivity index (χ3n) is 2.51. The molecule has 0 aliphatic heterocycles. The fourth-order valence-corrected chi connectivity index (χ4v) is 4.22. The number of Topliss-reactive ketones (excluding diaryl/α,β-unsaturated/α-hetero) is 1. The van der Waals surface area contributed by atoms with Crippen LogP contribution in [0.3, 0.4) is 0 Å². The first kappa shape index (κ1) is 15.3. The Labute approximate surface area is 122 Å². The van der Waals surface area contributed by atoms with Gasteiger partial charge in [0.2, 0.25) is 0 Å². The molecular formula is C11H15Br2NO2S. The molecule has 6 heteroatoms. The second-order valence-corrected chi connectivity index (χ2v) is 7.63. The maximum atomic E-state index is 12.1. The number of carbonyl (C=O) groups excluding carboxylic acids is 1. The van der Waals surface area contributed by atoms with Crippen LogP contribution in [0.25, 0.3) is 0 Å². The van der Waals surface area contributed by atoms with Crippen molar-refractivity contribution < 1.29 is 9.53 Å². The van der Waals surface area contributed by atoms with Gasteiger partial charge in [0, 0.05) is 18.7 Å². The molecule has 0 amide bonds. The summed E-state index contributed by atoms with van der Waals surface area (Å²) in [6.07, 6.45) is 0. The minimum atomic E-state index is 0.115. The zero-order valence-corrected chi connectivity index (χ0v) is 14.0. The van der Waals surface area contributed by atoms with Gasteiger partial charge in [-0.25, -0.2) is 0 Å². The van der Waals surface area contributed by atoms with Crippen LogP contribution in [0, 0.1) is 0 Å². The maximum Gasteiger partial charge on any atom is 0.178 e. The predicted octanol–water partition coefficient (Wildman–Crippen LogP) is 3.42. The lowest BCUT2D eigenvalue weighted by atomic mass is 10.2. The fraction of sp³-hybridized carbons (Fsp3) is 0.545. The summed E-state index contributed by atoms with van der Waals surface area (Å²) in [7, 11) is 3.59. The number of carbonyl (C=O) groups is 1. The van der Waals surface area contributed by atoms with Crippen molar-refractivity contribution in [2.24, 2.45) is 0 Å². The highest BCUT2D eigenvalue weighted by Gasteiger charge is 2.18. The van der Waals surface area contributed by atoms with Crippen LogP contribution >= 0.6 is 43.2 Å². The number of halogens is 2. The normalized spacial score (nSPS) is 13.1. The first-order chi connectivity index (χ1) is 7.95. The molecule has 0 saturated heterocycles. The number of nitrogens with zero attached hydrogens (tertiary/aromatic N) is 1. The lowest BCUT2D eigenvalue weighted by Gasteiger charge is -2.22. The Balaban J connectivity index is 2.63. The number of ether oxygens (including phenoxy) is 1. The number of ketones is 1. The van der Waals surface area contributed by atoms with Crippen LogP contribution in [0.5, 0.6) is 0 Å². The third-order valence-corrected chi connectivity index (χ3v) is 4.85. The van der Waals surface area contributed by atoms with Crippen LogP contribution in [0.4, 0.5) is 0 Å².